The fourth-order valence-electron chi connectivity index (χ4n) is 3.73. The summed E-state index contributed by atoms with van der Waals surface area (Å²) in [5.74, 6) is -0.540. The quantitative estimate of drug-likeness (QED) is 0.661. The molecule has 0 unspecified atom stereocenters. The van der Waals surface area contributed by atoms with Gasteiger partial charge in [-0.15, -0.1) is 0 Å². The number of hydrogen-bond donors (Lipinski definition) is 2. The largest absolute Gasteiger partial charge is 0.464 e. The van der Waals surface area contributed by atoms with E-state index < -0.39 is 6.09 Å². The van der Waals surface area contributed by atoms with E-state index in [2.05, 4.69) is 0 Å². The van der Waals surface area contributed by atoms with Gasteiger partial charge in [0.1, 0.15) is 5.83 Å². The molecule has 6 nitrogen and oxygen atoms in total. The Balaban J connectivity index is 2.33. The predicted octanol–water partition coefficient (Wildman–Crippen LogP) is 4.20. The molecule has 0 aliphatic heterocycles. The molecule has 0 radical (unpaired) electrons. The number of hydrogen-bond acceptors (Lipinski definition) is 3. The third kappa shape index (κ3) is 3.84. The maximum absolute atomic E-state index is 14.3. The molecule has 0 atom stereocenters. The van der Waals surface area contributed by atoms with Crippen molar-refractivity contribution in [1.82, 2.24) is 9.47 Å². The lowest BCUT2D eigenvalue weighted by Gasteiger charge is -2.12. The van der Waals surface area contributed by atoms with Gasteiger partial charge in [-0.05, 0) is 42.3 Å². The van der Waals surface area contributed by atoms with Crippen LogP contribution in [-0.4, -0.2) is 47.2 Å². The van der Waals surface area contributed by atoms with E-state index in [1.807, 2.05) is 6.07 Å². The second-order valence-electron chi connectivity index (χ2n) is 7.23. The Bertz CT molecular complexity index is 1160. The highest BCUT2D eigenvalue weighted by Crippen LogP contribution is 2.38. The Kier molecular flexibility index (Phi) is 6.03. The van der Waals surface area contributed by atoms with Crippen LogP contribution in [0.15, 0.2) is 54.4 Å². The van der Waals surface area contributed by atoms with E-state index in [4.69, 9.17) is 5.73 Å². The molecule has 0 aliphatic carbocycles. The Morgan fingerprint density at radius 1 is 1.20 bits per heavy atom. The zero-order valence-electron chi connectivity index (χ0n) is 17.1. The van der Waals surface area contributed by atoms with Crippen LogP contribution in [-0.2, 0) is 6.42 Å². The zero-order chi connectivity index (χ0) is 22.0. The first-order valence-corrected chi connectivity index (χ1v) is 9.49. The summed E-state index contributed by atoms with van der Waals surface area (Å²) in [4.78, 5) is 25.9. The topological polar surface area (TPSA) is 88.6 Å². The Labute approximate surface area is 174 Å². The van der Waals surface area contributed by atoms with Crippen LogP contribution in [0.1, 0.15) is 21.6 Å². The van der Waals surface area contributed by atoms with Crippen molar-refractivity contribution >= 4 is 22.9 Å². The predicted molar refractivity (Wildman–Crippen MR) is 116 cm³/mol. The summed E-state index contributed by atoms with van der Waals surface area (Å²) in [6.45, 7) is 1.79. The van der Waals surface area contributed by atoms with Gasteiger partial charge in [0.05, 0.1) is 5.52 Å². The normalized spacial score (nSPS) is 11.7. The molecule has 156 valence electrons. The van der Waals surface area contributed by atoms with Crippen molar-refractivity contribution in [2.45, 2.75) is 13.3 Å². The average molecular weight is 409 g/mol. The van der Waals surface area contributed by atoms with E-state index in [-0.39, 0.29) is 24.7 Å². The lowest BCUT2D eigenvalue weighted by molar-refractivity contribution is 0.0827. The van der Waals surface area contributed by atoms with Gasteiger partial charge in [0.25, 0.3) is 5.91 Å². The van der Waals surface area contributed by atoms with Crippen LogP contribution in [0, 0.1) is 6.92 Å². The van der Waals surface area contributed by atoms with Crippen LogP contribution in [0.3, 0.4) is 0 Å². The molecule has 0 aliphatic rings. The first kappa shape index (κ1) is 21.3. The Morgan fingerprint density at radius 3 is 2.53 bits per heavy atom. The van der Waals surface area contributed by atoms with Gasteiger partial charge in [-0.3, -0.25) is 4.79 Å². The molecule has 2 aromatic carbocycles. The monoisotopic (exact) mass is 409 g/mol. The van der Waals surface area contributed by atoms with Crippen LogP contribution >= 0.6 is 0 Å². The zero-order valence-corrected chi connectivity index (χ0v) is 17.1. The number of carbonyl (C=O) groups excluding carboxylic acids is 1. The number of benzene rings is 2. The summed E-state index contributed by atoms with van der Waals surface area (Å²) in [7, 11) is 3.34. The summed E-state index contributed by atoms with van der Waals surface area (Å²) in [6, 6.07) is 12.2. The fourth-order valence-corrected chi connectivity index (χ4v) is 3.73. The van der Waals surface area contributed by atoms with Crippen LogP contribution in [0.4, 0.5) is 9.18 Å². The number of nitrogens with two attached hydrogens (primary N) is 1. The number of carboxylic acid groups (broad SMARTS) is 1. The lowest BCUT2D eigenvalue weighted by atomic mass is 9.95. The number of aromatic nitrogens is 1. The molecule has 3 rings (SSSR count). The number of halogens is 1. The van der Waals surface area contributed by atoms with Crippen molar-refractivity contribution in [2.75, 3.05) is 20.6 Å². The number of amides is 1. The van der Waals surface area contributed by atoms with Gasteiger partial charge in [-0.1, -0.05) is 24.3 Å². The van der Waals surface area contributed by atoms with Crippen LogP contribution in [0.25, 0.3) is 22.0 Å². The number of fused-ring (bicyclic) bond motifs is 1. The molecule has 1 heterocycles. The first-order valence-electron chi connectivity index (χ1n) is 9.49. The van der Waals surface area contributed by atoms with Gasteiger partial charge >= 0.3 is 6.09 Å². The molecule has 30 heavy (non-hydrogen) atoms. The van der Waals surface area contributed by atoms with E-state index in [9.17, 15) is 19.1 Å². The number of carbonyl (C=O) groups is 2. The molecule has 0 saturated carbocycles. The number of rotatable bonds is 5. The van der Waals surface area contributed by atoms with Crippen molar-refractivity contribution in [3.05, 3.63) is 71.2 Å². The van der Waals surface area contributed by atoms with Gasteiger partial charge in [-0.2, -0.15) is 0 Å². The molecule has 0 bridgehead atoms. The van der Waals surface area contributed by atoms with Gasteiger partial charge in [-0.25, -0.2) is 13.8 Å². The molecule has 0 spiro atoms. The van der Waals surface area contributed by atoms with Crippen molar-refractivity contribution in [2.24, 2.45) is 5.73 Å². The van der Waals surface area contributed by atoms with E-state index in [0.717, 1.165) is 0 Å². The summed E-state index contributed by atoms with van der Waals surface area (Å²) >= 11 is 0. The lowest BCUT2D eigenvalue weighted by Crippen LogP contribution is -2.21. The summed E-state index contributed by atoms with van der Waals surface area (Å²) in [6.07, 6.45) is 0.177. The van der Waals surface area contributed by atoms with Crippen molar-refractivity contribution in [1.29, 1.82) is 0 Å². The second kappa shape index (κ2) is 8.51. The van der Waals surface area contributed by atoms with E-state index in [0.29, 0.717) is 38.9 Å². The maximum Gasteiger partial charge on any atom is 0.416 e. The van der Waals surface area contributed by atoms with Gasteiger partial charge in [0.15, 0.2) is 0 Å². The number of nitrogens with zero attached hydrogens (tertiary/aromatic N) is 2. The average Bonchev–Trinajstić information content (AvgIpc) is 3.00. The molecular formula is C23H24FN3O3. The van der Waals surface area contributed by atoms with Gasteiger partial charge in [0.2, 0.25) is 0 Å². The summed E-state index contributed by atoms with van der Waals surface area (Å²) in [5, 5.41) is 10.4. The summed E-state index contributed by atoms with van der Waals surface area (Å²) in [5.41, 5.74) is 8.89. The third-order valence-electron chi connectivity index (χ3n) is 5.01. The van der Waals surface area contributed by atoms with Crippen molar-refractivity contribution in [3.8, 4) is 11.1 Å². The molecule has 7 heteroatoms. The van der Waals surface area contributed by atoms with Crippen molar-refractivity contribution < 1.29 is 19.1 Å². The Hall–Kier alpha value is -3.45. The highest BCUT2D eigenvalue weighted by Gasteiger charge is 2.22. The molecule has 0 saturated heterocycles. The van der Waals surface area contributed by atoms with Crippen molar-refractivity contribution in [3.63, 3.8) is 0 Å². The summed E-state index contributed by atoms with van der Waals surface area (Å²) < 4.78 is 15.5. The third-order valence-corrected chi connectivity index (χ3v) is 5.01. The standard InChI is InChI=1S/C23H24FN3O3/c1-14-20(15-6-4-8-17(12-15)22(28)26(2)3)21-16(13-18(24)10-11-25)7-5-9-19(21)27(14)23(29)30/h4-10,12H,11,13,25H2,1-3H3,(H,29,30). The van der Waals surface area contributed by atoms with E-state index in [1.165, 1.54) is 15.5 Å². The second-order valence-corrected chi connectivity index (χ2v) is 7.23. The van der Waals surface area contributed by atoms with Crippen LogP contribution in [0.5, 0.6) is 0 Å². The maximum atomic E-state index is 14.3. The van der Waals surface area contributed by atoms with E-state index >= 15 is 0 Å². The SMILES string of the molecule is Cc1c(-c2cccc(C(=O)N(C)C)c2)c2c(CC(F)=CCN)cccc2n1C(=O)O. The number of allylic oxidation sites excluding steroid dienone is 1. The molecule has 3 aromatic rings. The van der Waals surface area contributed by atoms with Gasteiger partial charge < -0.3 is 15.7 Å². The van der Waals surface area contributed by atoms with E-state index in [1.54, 1.807) is 57.4 Å². The smallest absolute Gasteiger partial charge is 0.416 e. The minimum absolute atomic E-state index is 0.000924. The highest BCUT2D eigenvalue weighted by molar-refractivity contribution is 6.05. The molecule has 0 fully saturated rings. The highest BCUT2D eigenvalue weighted by atomic mass is 19.1. The van der Waals surface area contributed by atoms with Gasteiger partial charge in [0, 0.05) is 49.3 Å². The minimum Gasteiger partial charge on any atom is -0.464 e. The van der Waals surface area contributed by atoms with Crippen LogP contribution < -0.4 is 5.73 Å². The molecule has 1 aromatic heterocycles. The fraction of sp³-hybridized carbons (Fsp3) is 0.217. The molecule has 1 amide bonds. The molecular weight excluding hydrogens is 385 g/mol. The minimum atomic E-state index is -1.13. The Morgan fingerprint density at radius 2 is 1.90 bits per heavy atom. The molecule has 3 N–H and O–H groups in total. The van der Waals surface area contributed by atoms with Crippen LogP contribution in [0.2, 0.25) is 0 Å². The first-order chi connectivity index (χ1) is 14.3.